The molecule has 0 radical (unpaired) electrons. The van der Waals surface area contributed by atoms with Gasteiger partial charge >= 0.3 is 0 Å². The average Bonchev–Trinajstić information content (AvgIpc) is 2.99. The Morgan fingerprint density at radius 1 is 1.10 bits per heavy atom. The van der Waals surface area contributed by atoms with Crippen molar-refractivity contribution in [3.05, 3.63) is 71.3 Å². The highest BCUT2D eigenvalue weighted by Crippen LogP contribution is 2.39. The third kappa shape index (κ3) is 4.32. The van der Waals surface area contributed by atoms with E-state index in [1.807, 2.05) is 37.3 Å². The number of nitrogens with zero attached hydrogens (tertiary/aromatic N) is 1. The third-order valence-corrected chi connectivity index (χ3v) is 4.82. The fourth-order valence-electron chi connectivity index (χ4n) is 3.53. The topological polar surface area (TPSA) is 76.1 Å². The highest BCUT2D eigenvalue weighted by molar-refractivity contribution is 6.46. The van der Waals surface area contributed by atoms with Gasteiger partial charge in [-0.2, -0.15) is 0 Å². The molecule has 1 aliphatic rings. The first-order chi connectivity index (χ1) is 14.1. The molecule has 1 fully saturated rings. The van der Waals surface area contributed by atoms with E-state index in [1.54, 1.807) is 31.4 Å². The van der Waals surface area contributed by atoms with Gasteiger partial charge in [0.15, 0.2) is 0 Å². The monoisotopic (exact) mass is 395 g/mol. The summed E-state index contributed by atoms with van der Waals surface area (Å²) in [5, 5.41) is 11.0. The van der Waals surface area contributed by atoms with Crippen LogP contribution >= 0.6 is 0 Å². The minimum Gasteiger partial charge on any atom is -0.507 e. The van der Waals surface area contributed by atoms with Crippen LogP contribution in [0.4, 0.5) is 0 Å². The van der Waals surface area contributed by atoms with Crippen molar-refractivity contribution in [2.24, 2.45) is 0 Å². The van der Waals surface area contributed by atoms with Crippen molar-refractivity contribution in [3.63, 3.8) is 0 Å². The van der Waals surface area contributed by atoms with E-state index < -0.39 is 17.7 Å². The van der Waals surface area contributed by atoms with Gasteiger partial charge in [0.05, 0.1) is 18.2 Å². The molecular formula is C23H25NO5. The van der Waals surface area contributed by atoms with Gasteiger partial charge in [0, 0.05) is 25.8 Å². The van der Waals surface area contributed by atoms with Gasteiger partial charge in [-0.05, 0) is 31.0 Å². The SMILES string of the molecule is CCOc1cccc(/C(O)=C2/C(=O)C(=O)N(CCCOC)C2c2ccccc2)c1. The number of ether oxygens (including phenoxy) is 2. The highest BCUT2D eigenvalue weighted by atomic mass is 16.5. The molecule has 1 heterocycles. The van der Waals surface area contributed by atoms with E-state index in [1.165, 1.54) is 4.90 Å². The Labute approximate surface area is 170 Å². The highest BCUT2D eigenvalue weighted by Gasteiger charge is 2.45. The number of carbonyl (C=O) groups excluding carboxylic acids is 2. The molecule has 1 amide bonds. The van der Waals surface area contributed by atoms with E-state index >= 15 is 0 Å². The average molecular weight is 395 g/mol. The van der Waals surface area contributed by atoms with Gasteiger partial charge < -0.3 is 19.5 Å². The molecule has 1 N–H and O–H groups in total. The summed E-state index contributed by atoms with van der Waals surface area (Å²) >= 11 is 0. The molecule has 2 aromatic rings. The molecule has 1 saturated heterocycles. The Hall–Kier alpha value is -3.12. The molecule has 3 rings (SSSR count). The first-order valence-corrected chi connectivity index (χ1v) is 9.64. The van der Waals surface area contributed by atoms with Crippen molar-refractivity contribution < 1.29 is 24.2 Å². The second-order valence-corrected chi connectivity index (χ2v) is 6.71. The minimum atomic E-state index is -0.685. The molecule has 29 heavy (non-hydrogen) atoms. The molecule has 6 heteroatoms. The lowest BCUT2D eigenvalue weighted by Gasteiger charge is -2.25. The smallest absolute Gasteiger partial charge is 0.295 e. The molecule has 0 bridgehead atoms. The number of hydrogen-bond donors (Lipinski definition) is 1. The zero-order valence-electron chi connectivity index (χ0n) is 16.6. The van der Waals surface area contributed by atoms with E-state index in [4.69, 9.17) is 9.47 Å². The van der Waals surface area contributed by atoms with Crippen molar-refractivity contribution in [1.29, 1.82) is 0 Å². The molecule has 152 valence electrons. The van der Waals surface area contributed by atoms with Gasteiger partial charge in [-0.1, -0.05) is 42.5 Å². The maximum absolute atomic E-state index is 12.9. The third-order valence-electron chi connectivity index (χ3n) is 4.82. The summed E-state index contributed by atoms with van der Waals surface area (Å²) in [6.45, 7) is 3.18. The quantitative estimate of drug-likeness (QED) is 0.320. The van der Waals surface area contributed by atoms with Crippen LogP contribution in [0.2, 0.25) is 0 Å². The van der Waals surface area contributed by atoms with E-state index in [0.29, 0.717) is 37.5 Å². The van der Waals surface area contributed by atoms with Crippen LogP contribution in [-0.2, 0) is 14.3 Å². The number of benzene rings is 2. The van der Waals surface area contributed by atoms with Gasteiger partial charge in [-0.15, -0.1) is 0 Å². The zero-order valence-corrected chi connectivity index (χ0v) is 16.6. The molecule has 0 aliphatic carbocycles. The summed E-state index contributed by atoms with van der Waals surface area (Å²) < 4.78 is 10.6. The summed E-state index contributed by atoms with van der Waals surface area (Å²) in [6.07, 6.45) is 0.590. The molecule has 1 atom stereocenters. The summed E-state index contributed by atoms with van der Waals surface area (Å²) in [7, 11) is 1.59. The largest absolute Gasteiger partial charge is 0.507 e. The molecule has 0 spiro atoms. The lowest BCUT2D eigenvalue weighted by molar-refractivity contribution is -0.140. The summed E-state index contributed by atoms with van der Waals surface area (Å²) in [4.78, 5) is 27.2. The van der Waals surface area contributed by atoms with Crippen LogP contribution in [0.3, 0.4) is 0 Å². The van der Waals surface area contributed by atoms with Gasteiger partial charge in [0.25, 0.3) is 11.7 Å². The Morgan fingerprint density at radius 2 is 1.86 bits per heavy atom. The number of aliphatic hydroxyl groups excluding tert-OH is 1. The molecular weight excluding hydrogens is 370 g/mol. The molecule has 6 nitrogen and oxygen atoms in total. The second-order valence-electron chi connectivity index (χ2n) is 6.71. The Balaban J connectivity index is 2.08. The van der Waals surface area contributed by atoms with E-state index in [-0.39, 0.29) is 11.3 Å². The Kier molecular flexibility index (Phi) is 6.67. The number of carbonyl (C=O) groups is 2. The van der Waals surface area contributed by atoms with E-state index in [2.05, 4.69) is 0 Å². The van der Waals surface area contributed by atoms with Crippen molar-refractivity contribution in [2.75, 3.05) is 26.9 Å². The number of methoxy groups -OCH3 is 1. The van der Waals surface area contributed by atoms with E-state index in [0.717, 1.165) is 5.56 Å². The van der Waals surface area contributed by atoms with E-state index in [9.17, 15) is 14.7 Å². The van der Waals surface area contributed by atoms with Crippen molar-refractivity contribution in [1.82, 2.24) is 4.90 Å². The van der Waals surface area contributed by atoms with Gasteiger partial charge in [0.2, 0.25) is 0 Å². The molecule has 0 aromatic heterocycles. The van der Waals surface area contributed by atoms with Gasteiger partial charge in [-0.3, -0.25) is 9.59 Å². The number of amides is 1. The zero-order chi connectivity index (χ0) is 20.8. The predicted octanol–water partition coefficient (Wildman–Crippen LogP) is 3.54. The molecule has 0 saturated carbocycles. The summed E-state index contributed by atoms with van der Waals surface area (Å²) in [5.41, 5.74) is 1.30. The van der Waals surface area contributed by atoms with Crippen molar-refractivity contribution in [2.45, 2.75) is 19.4 Å². The molecule has 1 unspecified atom stereocenters. The van der Waals surface area contributed by atoms with Crippen LogP contribution in [0.5, 0.6) is 5.75 Å². The van der Waals surface area contributed by atoms with Crippen LogP contribution < -0.4 is 4.74 Å². The van der Waals surface area contributed by atoms with Crippen LogP contribution in [0.1, 0.15) is 30.5 Å². The fourth-order valence-corrected chi connectivity index (χ4v) is 3.53. The van der Waals surface area contributed by atoms with Crippen molar-refractivity contribution in [3.8, 4) is 5.75 Å². The number of hydrogen-bond acceptors (Lipinski definition) is 5. The maximum atomic E-state index is 12.9. The second kappa shape index (κ2) is 9.39. The first-order valence-electron chi connectivity index (χ1n) is 9.64. The van der Waals surface area contributed by atoms with Gasteiger partial charge in [0.1, 0.15) is 11.5 Å². The summed E-state index contributed by atoms with van der Waals surface area (Å²) in [5.74, 6) is -0.914. The summed E-state index contributed by atoms with van der Waals surface area (Å²) in [6, 6.07) is 15.5. The maximum Gasteiger partial charge on any atom is 0.295 e. The Bertz CT molecular complexity index is 906. The predicted molar refractivity (Wildman–Crippen MR) is 110 cm³/mol. The first kappa shape index (κ1) is 20.6. The van der Waals surface area contributed by atoms with Crippen molar-refractivity contribution >= 4 is 17.4 Å². The fraction of sp³-hybridized carbons (Fsp3) is 0.304. The standard InChI is InChI=1S/C23H25NO5/c1-3-29-18-12-7-11-17(15-18)21(25)19-20(16-9-5-4-6-10-16)24(13-8-14-28-2)23(27)22(19)26/h4-7,9-12,15,20,25H,3,8,13-14H2,1-2H3/b21-19-. The lowest BCUT2D eigenvalue weighted by atomic mass is 9.95. The molecule has 2 aromatic carbocycles. The van der Waals surface area contributed by atoms with Crippen LogP contribution in [-0.4, -0.2) is 48.6 Å². The van der Waals surface area contributed by atoms with Crippen LogP contribution in [0, 0.1) is 0 Å². The van der Waals surface area contributed by atoms with Crippen LogP contribution in [0.15, 0.2) is 60.2 Å². The Morgan fingerprint density at radius 3 is 2.55 bits per heavy atom. The van der Waals surface area contributed by atoms with Crippen LogP contribution in [0.25, 0.3) is 5.76 Å². The molecule has 1 aliphatic heterocycles. The number of Topliss-reactive ketones (excluding diaryl/α,β-unsaturated/α-hetero) is 1. The number of rotatable bonds is 8. The number of aliphatic hydroxyl groups is 1. The normalized spacial score (nSPS) is 18.3. The van der Waals surface area contributed by atoms with Gasteiger partial charge in [-0.25, -0.2) is 0 Å². The minimum absolute atomic E-state index is 0.0901. The lowest BCUT2D eigenvalue weighted by Crippen LogP contribution is -2.31. The number of ketones is 1. The number of likely N-dealkylation sites (tertiary alicyclic amines) is 1.